The number of nitrogens with zero attached hydrogens (tertiary/aromatic N) is 2. The fourth-order valence-corrected chi connectivity index (χ4v) is 5.03. The number of phenolic OH excluding ortho intramolecular Hbond substituents is 2. The Morgan fingerprint density at radius 2 is 0.763 bits per heavy atom. The molecule has 12 heteroatoms. The van der Waals surface area contributed by atoms with Gasteiger partial charge in [0.05, 0.1) is 0 Å². The Labute approximate surface area is 357 Å². The van der Waals surface area contributed by atoms with Gasteiger partial charge in [-0.25, -0.2) is 24.0 Å². The van der Waals surface area contributed by atoms with Gasteiger partial charge in [-0.2, -0.15) is 63.0 Å². The van der Waals surface area contributed by atoms with E-state index < -0.39 is 18.5 Å². The molecule has 0 atom stereocenters. The first kappa shape index (κ1) is 54.6. The molecule has 4 aromatic carbocycles. The SMILES string of the molecule is CC(C)(C)c1cc(C=[N-])c(O)c(C(C)(C)C)c1.CC(C)(C)c1cc(C=[N-])c(O)c(C(C)(C)C)c1.OC(C(F)(F)F)C(F)(F)F.[Co].c1ccc([CH-][CH-]c2ccccc2)cc1. The second-order valence-electron chi connectivity index (χ2n) is 17.8. The zero-order valence-corrected chi connectivity index (χ0v) is 36.8. The van der Waals surface area contributed by atoms with Gasteiger partial charge in [0.1, 0.15) is 11.5 Å². The van der Waals surface area contributed by atoms with Gasteiger partial charge in [0.25, 0.3) is 0 Å². The summed E-state index contributed by atoms with van der Waals surface area (Å²) in [5.74, 6) is 0.348. The summed E-state index contributed by atoms with van der Waals surface area (Å²) in [5, 5.41) is 46.1. The molecule has 0 amide bonds. The average molecular weight is 872 g/mol. The molecule has 4 rings (SSSR count). The van der Waals surface area contributed by atoms with Gasteiger partial charge >= 0.3 is 12.4 Å². The molecule has 0 aliphatic heterocycles. The minimum absolute atomic E-state index is 0. The van der Waals surface area contributed by atoms with Crippen LogP contribution in [0.4, 0.5) is 26.3 Å². The van der Waals surface area contributed by atoms with E-state index >= 15 is 0 Å². The number of halogens is 6. The number of rotatable bonds is 5. The topological polar surface area (TPSA) is 105 Å². The maximum Gasteiger partial charge on any atom is 0.423 e. The largest absolute Gasteiger partial charge is 0.810 e. The van der Waals surface area contributed by atoms with Crippen LogP contribution in [0.5, 0.6) is 11.5 Å². The molecule has 0 aliphatic carbocycles. The van der Waals surface area contributed by atoms with Crippen LogP contribution in [0.2, 0.25) is 0 Å². The van der Waals surface area contributed by atoms with Crippen LogP contribution in [0, 0.1) is 12.8 Å². The normalized spacial score (nSPS) is 11.9. The maximum absolute atomic E-state index is 11.0. The molecule has 0 aliphatic rings. The molecule has 0 bridgehead atoms. The molecule has 5 nitrogen and oxygen atoms in total. The molecule has 1 radical (unpaired) electrons. The van der Waals surface area contributed by atoms with E-state index in [1.807, 2.05) is 60.7 Å². The molecule has 0 saturated heterocycles. The van der Waals surface area contributed by atoms with Gasteiger partial charge in [0.2, 0.25) is 6.10 Å². The van der Waals surface area contributed by atoms with Gasteiger partial charge in [-0.1, -0.05) is 107 Å². The predicted octanol–water partition coefficient (Wildman–Crippen LogP) is 12.9. The summed E-state index contributed by atoms with van der Waals surface area (Å²) in [5.41, 5.74) is 7.08. The predicted molar refractivity (Wildman–Crippen MR) is 226 cm³/mol. The smallest absolute Gasteiger partial charge is 0.423 e. The van der Waals surface area contributed by atoms with Crippen molar-refractivity contribution in [2.45, 2.75) is 123 Å². The third-order valence-electron chi connectivity index (χ3n) is 8.59. The molecule has 3 N–H and O–H groups in total. The van der Waals surface area contributed by atoms with E-state index in [1.54, 1.807) is 0 Å². The van der Waals surface area contributed by atoms with Crippen LogP contribution in [-0.4, -0.2) is 46.2 Å². The molecule has 0 heterocycles. The van der Waals surface area contributed by atoms with Gasteiger partial charge in [-0.15, -0.1) is 24.3 Å². The van der Waals surface area contributed by atoms with Gasteiger partial charge in [-0.05, 0) is 56.0 Å². The van der Waals surface area contributed by atoms with E-state index in [0.717, 1.165) is 34.7 Å². The Hall–Kier alpha value is -4.39. The number of alkyl halides is 6. The van der Waals surface area contributed by atoms with Crippen LogP contribution < -0.4 is 0 Å². The van der Waals surface area contributed by atoms with Crippen molar-refractivity contribution in [1.82, 2.24) is 0 Å². The van der Waals surface area contributed by atoms with E-state index in [4.69, 9.17) is 5.11 Å². The molecule has 0 fully saturated rings. The summed E-state index contributed by atoms with van der Waals surface area (Å²) < 4.78 is 65.9. The number of hydrogen-bond acceptors (Lipinski definition) is 3. The summed E-state index contributed by atoms with van der Waals surface area (Å²) >= 11 is 0. The van der Waals surface area contributed by atoms with Crippen molar-refractivity contribution >= 4 is 12.4 Å². The summed E-state index contributed by atoms with van der Waals surface area (Å²) in [6, 6.07) is 28.4. The van der Waals surface area contributed by atoms with Crippen LogP contribution in [0.1, 0.15) is 128 Å². The minimum Gasteiger partial charge on any atom is -0.810 e. The van der Waals surface area contributed by atoms with Crippen molar-refractivity contribution in [3.63, 3.8) is 0 Å². The van der Waals surface area contributed by atoms with Crippen LogP contribution in [0.3, 0.4) is 0 Å². The molecule has 4 aromatic rings. The zero-order valence-electron chi connectivity index (χ0n) is 35.8. The quantitative estimate of drug-likeness (QED) is 0.106. The summed E-state index contributed by atoms with van der Waals surface area (Å²) in [4.78, 5) is 0. The zero-order chi connectivity index (χ0) is 45.1. The van der Waals surface area contributed by atoms with E-state index in [2.05, 4.69) is 120 Å². The second-order valence-corrected chi connectivity index (χ2v) is 17.8. The first-order valence-corrected chi connectivity index (χ1v) is 18.6. The average Bonchev–Trinajstić information content (AvgIpc) is 3.09. The van der Waals surface area contributed by atoms with Gasteiger partial charge in [0, 0.05) is 27.9 Å². The van der Waals surface area contributed by atoms with Crippen molar-refractivity contribution in [3.8, 4) is 11.5 Å². The Bertz CT molecular complexity index is 1760. The fourth-order valence-electron chi connectivity index (χ4n) is 5.03. The summed E-state index contributed by atoms with van der Waals surface area (Å²) in [6.07, 6.45) is -9.30. The van der Waals surface area contributed by atoms with Crippen molar-refractivity contribution in [3.05, 3.63) is 153 Å². The molecular weight excluding hydrogens is 813 g/mol. The number of benzene rings is 4. The molecule has 0 unspecified atom stereocenters. The Morgan fingerprint density at radius 3 is 0.949 bits per heavy atom. The van der Waals surface area contributed by atoms with E-state index in [0.29, 0.717) is 11.1 Å². The Morgan fingerprint density at radius 1 is 0.492 bits per heavy atom. The first-order valence-electron chi connectivity index (χ1n) is 18.6. The second kappa shape index (κ2) is 21.7. The van der Waals surface area contributed by atoms with Crippen LogP contribution in [-0.2, 0) is 38.4 Å². The minimum atomic E-state index is -5.63. The van der Waals surface area contributed by atoms with Gasteiger partial charge in [-0.3, -0.25) is 0 Å². The van der Waals surface area contributed by atoms with E-state index in [1.165, 1.54) is 11.1 Å². The molecular formula is C47H58CoF6N2O3-4. The molecule has 0 aromatic heterocycles. The number of aliphatic hydroxyl groups is 1. The van der Waals surface area contributed by atoms with E-state index in [-0.39, 0.29) is 49.9 Å². The molecule has 0 spiro atoms. The monoisotopic (exact) mass is 871 g/mol. The summed E-state index contributed by atoms with van der Waals surface area (Å²) in [6.45, 7) is 25.0. The molecule has 59 heavy (non-hydrogen) atoms. The number of aliphatic hydroxyl groups excluding tert-OH is 1. The van der Waals surface area contributed by atoms with Crippen LogP contribution in [0.15, 0.2) is 84.9 Å². The molecule has 329 valence electrons. The fraction of sp³-hybridized carbons (Fsp3) is 0.404. The van der Waals surface area contributed by atoms with Crippen LogP contribution in [0.25, 0.3) is 10.8 Å². The van der Waals surface area contributed by atoms with Gasteiger partial charge in [0.15, 0.2) is 0 Å². The first-order chi connectivity index (χ1) is 26.2. The standard InChI is InChI=1S/2C15H22NO.C14H12.C3H2F6O.Co/c2*1-14(2,3)11-7-10(9-16)13(17)12(8-11)15(4,5)6;1-3-7-13(8-4-1)11-12-14-9-5-2-6-10-14;4-2(5,6)1(10)3(7,8)9;/h2*7-9,17H,1-6H3;1-12H;1,10H;/q2*-1;-2;;. The number of phenols is 2. The number of hydrogen-bond donors (Lipinski definition) is 3. The van der Waals surface area contributed by atoms with Crippen molar-refractivity contribution in [1.29, 1.82) is 0 Å². The Balaban J connectivity index is 0.000000769. The number of aromatic hydroxyl groups is 2. The summed E-state index contributed by atoms with van der Waals surface area (Å²) in [7, 11) is 0. The third-order valence-corrected chi connectivity index (χ3v) is 8.59. The third kappa shape index (κ3) is 18.2. The van der Waals surface area contributed by atoms with Crippen molar-refractivity contribution < 1.29 is 58.4 Å². The molecule has 0 saturated carbocycles. The van der Waals surface area contributed by atoms with Crippen molar-refractivity contribution in [2.75, 3.05) is 0 Å². The Kier molecular flexibility index (Phi) is 20.1. The van der Waals surface area contributed by atoms with Crippen LogP contribution >= 0.6 is 0 Å². The van der Waals surface area contributed by atoms with Crippen molar-refractivity contribution in [2.24, 2.45) is 0 Å². The maximum atomic E-state index is 11.0. The van der Waals surface area contributed by atoms with E-state index in [9.17, 15) is 47.4 Å². The van der Waals surface area contributed by atoms with Gasteiger partial charge < -0.3 is 26.1 Å².